The maximum Gasteiger partial charge on any atom is 0.240 e. The van der Waals surface area contributed by atoms with Gasteiger partial charge in [-0.15, -0.1) is 0 Å². The van der Waals surface area contributed by atoms with E-state index < -0.39 is 15.6 Å². The molecular formula is C14H14N2O3S2. The average Bonchev–Trinajstić information content (AvgIpc) is 3.01. The summed E-state index contributed by atoms with van der Waals surface area (Å²) >= 11 is 1.43. The quantitative estimate of drug-likeness (QED) is 0.878. The average molecular weight is 322 g/mol. The molecule has 2 rings (SSSR count). The van der Waals surface area contributed by atoms with Crippen LogP contribution in [-0.4, -0.2) is 20.1 Å². The van der Waals surface area contributed by atoms with Gasteiger partial charge in [0.15, 0.2) is 0 Å². The van der Waals surface area contributed by atoms with Gasteiger partial charge in [-0.3, -0.25) is 0 Å². The van der Waals surface area contributed by atoms with Crippen LogP contribution in [0.1, 0.15) is 18.1 Å². The molecule has 0 amide bonds. The second-order valence-electron chi connectivity index (χ2n) is 4.75. The monoisotopic (exact) mass is 322 g/mol. The van der Waals surface area contributed by atoms with Gasteiger partial charge in [-0.1, -0.05) is 0 Å². The molecular weight excluding hydrogens is 308 g/mol. The predicted molar refractivity (Wildman–Crippen MR) is 80.2 cm³/mol. The van der Waals surface area contributed by atoms with Gasteiger partial charge in [0.25, 0.3) is 0 Å². The summed E-state index contributed by atoms with van der Waals surface area (Å²) in [7, 11) is -3.73. The molecule has 0 aliphatic carbocycles. The zero-order valence-corrected chi connectivity index (χ0v) is 12.9. The fourth-order valence-corrected chi connectivity index (χ4v) is 3.62. The van der Waals surface area contributed by atoms with Crippen LogP contribution in [0.25, 0.3) is 0 Å². The Labute approximate surface area is 127 Å². The van der Waals surface area contributed by atoms with Crippen molar-refractivity contribution in [1.29, 1.82) is 5.26 Å². The Balaban J connectivity index is 2.13. The van der Waals surface area contributed by atoms with Crippen molar-refractivity contribution in [3.8, 4) is 6.07 Å². The molecule has 0 saturated carbocycles. The first kappa shape index (κ1) is 15.7. The predicted octanol–water partition coefficient (Wildman–Crippen LogP) is 1.81. The van der Waals surface area contributed by atoms with Crippen molar-refractivity contribution < 1.29 is 13.5 Å². The van der Waals surface area contributed by atoms with Crippen LogP contribution in [0.2, 0.25) is 0 Å². The van der Waals surface area contributed by atoms with Crippen molar-refractivity contribution in [2.45, 2.75) is 17.4 Å². The third-order valence-corrected chi connectivity index (χ3v) is 5.14. The van der Waals surface area contributed by atoms with E-state index in [1.807, 2.05) is 11.4 Å². The minimum Gasteiger partial charge on any atom is -0.384 e. The number of rotatable bonds is 5. The van der Waals surface area contributed by atoms with Crippen LogP contribution < -0.4 is 4.72 Å². The summed E-state index contributed by atoms with van der Waals surface area (Å²) in [6.45, 7) is 1.42. The van der Waals surface area contributed by atoms with E-state index in [2.05, 4.69) is 4.72 Å². The number of nitrogens with one attached hydrogen (secondary N) is 1. The van der Waals surface area contributed by atoms with Crippen molar-refractivity contribution in [2.24, 2.45) is 0 Å². The SMILES string of the molecule is CC(O)(CNS(=O)(=O)c1ccc(C#N)cc1)c1ccsc1. The maximum atomic E-state index is 12.1. The highest BCUT2D eigenvalue weighted by molar-refractivity contribution is 7.89. The third kappa shape index (κ3) is 3.68. The number of sulfonamides is 1. The number of hydrogen-bond donors (Lipinski definition) is 2. The second kappa shape index (κ2) is 5.95. The largest absolute Gasteiger partial charge is 0.384 e. The fraction of sp³-hybridized carbons (Fsp3) is 0.214. The lowest BCUT2D eigenvalue weighted by Crippen LogP contribution is -2.38. The molecule has 1 heterocycles. The summed E-state index contributed by atoms with van der Waals surface area (Å²) in [4.78, 5) is 0.0580. The molecule has 7 heteroatoms. The Morgan fingerprint density at radius 2 is 2.00 bits per heavy atom. The van der Waals surface area contributed by atoms with Gasteiger partial charge in [0.1, 0.15) is 5.60 Å². The van der Waals surface area contributed by atoms with Crippen molar-refractivity contribution in [3.05, 3.63) is 52.2 Å². The van der Waals surface area contributed by atoms with Gasteiger partial charge >= 0.3 is 0 Å². The van der Waals surface area contributed by atoms with E-state index >= 15 is 0 Å². The van der Waals surface area contributed by atoms with E-state index in [-0.39, 0.29) is 11.4 Å². The lowest BCUT2D eigenvalue weighted by molar-refractivity contribution is 0.0632. The first-order valence-corrected chi connectivity index (χ1v) is 8.53. The summed E-state index contributed by atoms with van der Waals surface area (Å²) < 4.78 is 26.7. The Morgan fingerprint density at radius 1 is 1.33 bits per heavy atom. The number of benzene rings is 1. The van der Waals surface area contributed by atoms with Crippen molar-refractivity contribution in [3.63, 3.8) is 0 Å². The minimum atomic E-state index is -3.73. The molecule has 2 N–H and O–H groups in total. The van der Waals surface area contributed by atoms with Gasteiger partial charge in [0.05, 0.1) is 16.5 Å². The van der Waals surface area contributed by atoms with Gasteiger partial charge in [0.2, 0.25) is 10.0 Å². The lowest BCUT2D eigenvalue weighted by Gasteiger charge is -2.22. The third-order valence-electron chi connectivity index (χ3n) is 3.04. The Hall–Kier alpha value is -1.72. The Bertz CT molecular complexity index is 743. The summed E-state index contributed by atoms with van der Waals surface area (Å²) in [5, 5.41) is 22.6. The van der Waals surface area contributed by atoms with E-state index in [0.717, 1.165) is 0 Å². The molecule has 1 aromatic heterocycles. The first-order chi connectivity index (χ1) is 9.85. The molecule has 21 heavy (non-hydrogen) atoms. The van der Waals surface area contributed by atoms with Crippen LogP contribution in [0.4, 0.5) is 0 Å². The molecule has 1 aromatic carbocycles. The summed E-state index contributed by atoms with van der Waals surface area (Å²) in [5.74, 6) is 0. The molecule has 0 aliphatic rings. The molecule has 2 aromatic rings. The van der Waals surface area contributed by atoms with E-state index in [4.69, 9.17) is 5.26 Å². The van der Waals surface area contributed by atoms with Crippen molar-refractivity contribution in [2.75, 3.05) is 6.54 Å². The van der Waals surface area contributed by atoms with Crippen LogP contribution in [0, 0.1) is 11.3 Å². The number of nitriles is 1. The van der Waals surface area contributed by atoms with E-state index in [9.17, 15) is 13.5 Å². The van der Waals surface area contributed by atoms with Crippen LogP contribution >= 0.6 is 11.3 Å². The standard InChI is InChI=1S/C14H14N2O3S2/c1-14(17,12-6-7-20-9-12)10-16-21(18,19)13-4-2-11(8-15)3-5-13/h2-7,9,16-17H,10H2,1H3. The minimum absolute atomic E-state index is 0.0580. The Morgan fingerprint density at radius 3 is 2.52 bits per heavy atom. The molecule has 5 nitrogen and oxygen atoms in total. The lowest BCUT2D eigenvalue weighted by atomic mass is 10.0. The van der Waals surface area contributed by atoms with Crippen LogP contribution in [0.15, 0.2) is 46.0 Å². The zero-order valence-electron chi connectivity index (χ0n) is 11.3. The molecule has 1 unspecified atom stereocenters. The maximum absolute atomic E-state index is 12.1. The number of thiophene rings is 1. The van der Waals surface area contributed by atoms with Crippen LogP contribution in [0.3, 0.4) is 0 Å². The normalized spacial score (nSPS) is 14.3. The van der Waals surface area contributed by atoms with Gasteiger partial charge in [-0.05, 0) is 53.6 Å². The zero-order chi connectivity index (χ0) is 15.5. The molecule has 0 radical (unpaired) electrons. The second-order valence-corrected chi connectivity index (χ2v) is 7.29. The number of aliphatic hydroxyl groups is 1. The van der Waals surface area contributed by atoms with Gasteiger partial charge < -0.3 is 5.11 Å². The molecule has 0 spiro atoms. The molecule has 0 aliphatic heterocycles. The molecule has 110 valence electrons. The molecule has 0 saturated heterocycles. The topological polar surface area (TPSA) is 90.2 Å². The van der Waals surface area contributed by atoms with E-state index in [0.29, 0.717) is 11.1 Å². The highest BCUT2D eigenvalue weighted by atomic mass is 32.2. The van der Waals surface area contributed by atoms with Crippen molar-refractivity contribution >= 4 is 21.4 Å². The summed E-state index contributed by atoms with van der Waals surface area (Å²) in [6, 6.07) is 9.27. The highest BCUT2D eigenvalue weighted by Crippen LogP contribution is 2.22. The van der Waals surface area contributed by atoms with E-state index in [1.165, 1.54) is 35.6 Å². The molecule has 0 bridgehead atoms. The Kier molecular flexibility index (Phi) is 4.44. The van der Waals surface area contributed by atoms with Gasteiger partial charge in [-0.2, -0.15) is 16.6 Å². The smallest absolute Gasteiger partial charge is 0.240 e. The van der Waals surface area contributed by atoms with Crippen LogP contribution in [-0.2, 0) is 15.6 Å². The van der Waals surface area contributed by atoms with Gasteiger partial charge in [0, 0.05) is 6.54 Å². The summed E-state index contributed by atoms with van der Waals surface area (Å²) in [6.07, 6.45) is 0. The number of hydrogen-bond acceptors (Lipinski definition) is 5. The summed E-state index contributed by atoms with van der Waals surface area (Å²) in [5.41, 5.74) is -0.228. The van der Waals surface area contributed by atoms with Crippen molar-refractivity contribution in [1.82, 2.24) is 4.72 Å². The highest BCUT2D eigenvalue weighted by Gasteiger charge is 2.26. The van der Waals surface area contributed by atoms with Gasteiger partial charge in [-0.25, -0.2) is 13.1 Å². The van der Waals surface area contributed by atoms with Crippen LogP contribution in [0.5, 0.6) is 0 Å². The van der Waals surface area contributed by atoms with E-state index in [1.54, 1.807) is 18.4 Å². The fourth-order valence-electron chi connectivity index (χ4n) is 1.70. The molecule has 0 fully saturated rings. The number of nitrogens with zero attached hydrogens (tertiary/aromatic N) is 1. The molecule has 1 atom stereocenters. The first-order valence-electron chi connectivity index (χ1n) is 6.10.